The maximum absolute atomic E-state index is 5.72. The summed E-state index contributed by atoms with van der Waals surface area (Å²) in [5, 5.41) is 3.19. The molecule has 90 valence electrons. The predicted octanol–water partition coefficient (Wildman–Crippen LogP) is 2.04. The van der Waals surface area contributed by atoms with Crippen molar-refractivity contribution < 1.29 is 4.74 Å². The second-order valence-corrected chi connectivity index (χ2v) is 4.23. The molecule has 1 aromatic rings. The zero-order valence-electron chi connectivity index (χ0n) is 10.6. The molecule has 0 saturated carbocycles. The van der Waals surface area contributed by atoms with Crippen LogP contribution in [-0.2, 0) is 0 Å². The number of nitrogens with one attached hydrogen (secondary N) is 1. The van der Waals surface area contributed by atoms with E-state index >= 15 is 0 Å². The Hall–Kier alpha value is -1.06. The zero-order chi connectivity index (χ0) is 12.1. The number of ether oxygens (including phenoxy) is 1. The number of likely N-dealkylation sites (N-methyl/N-ethyl adjacent to an activating group) is 1. The zero-order valence-corrected chi connectivity index (χ0v) is 10.6. The maximum atomic E-state index is 5.72. The summed E-state index contributed by atoms with van der Waals surface area (Å²) in [4.78, 5) is 0. The van der Waals surface area contributed by atoms with Crippen molar-refractivity contribution in [3.8, 4) is 5.75 Å². The molecule has 0 saturated heterocycles. The minimum atomic E-state index is 0.149. The molecule has 0 bridgehead atoms. The molecule has 0 amide bonds. The normalized spacial score (nSPS) is 12.9. The van der Waals surface area contributed by atoms with Crippen molar-refractivity contribution in [1.29, 1.82) is 0 Å². The Bertz CT molecular complexity index is 333. The SMILES string of the molecule is CNC(CN)c1ccc(C(C)C)cc1OC. The Morgan fingerprint density at radius 1 is 1.38 bits per heavy atom. The van der Waals surface area contributed by atoms with Crippen LogP contribution in [-0.4, -0.2) is 20.7 Å². The molecule has 16 heavy (non-hydrogen) atoms. The van der Waals surface area contributed by atoms with Gasteiger partial charge in [-0.15, -0.1) is 0 Å². The van der Waals surface area contributed by atoms with Gasteiger partial charge in [0.25, 0.3) is 0 Å². The van der Waals surface area contributed by atoms with E-state index in [1.54, 1.807) is 7.11 Å². The number of benzene rings is 1. The number of methoxy groups -OCH3 is 1. The quantitative estimate of drug-likeness (QED) is 0.801. The summed E-state index contributed by atoms with van der Waals surface area (Å²) in [6, 6.07) is 6.49. The lowest BCUT2D eigenvalue weighted by Gasteiger charge is -2.19. The van der Waals surface area contributed by atoms with Gasteiger partial charge < -0.3 is 15.8 Å². The second-order valence-electron chi connectivity index (χ2n) is 4.23. The van der Waals surface area contributed by atoms with Gasteiger partial charge in [0, 0.05) is 18.2 Å². The van der Waals surface area contributed by atoms with Crippen molar-refractivity contribution in [1.82, 2.24) is 5.32 Å². The fourth-order valence-electron chi connectivity index (χ4n) is 1.78. The van der Waals surface area contributed by atoms with Crippen LogP contribution in [0, 0.1) is 0 Å². The van der Waals surface area contributed by atoms with E-state index in [4.69, 9.17) is 10.5 Å². The van der Waals surface area contributed by atoms with E-state index in [1.165, 1.54) is 5.56 Å². The van der Waals surface area contributed by atoms with E-state index in [1.807, 2.05) is 7.05 Å². The summed E-state index contributed by atoms with van der Waals surface area (Å²) in [6.45, 7) is 4.91. The Morgan fingerprint density at radius 2 is 2.06 bits per heavy atom. The first-order chi connectivity index (χ1) is 7.63. The molecule has 1 atom stereocenters. The molecule has 0 aromatic heterocycles. The predicted molar refractivity (Wildman–Crippen MR) is 67.9 cm³/mol. The molecule has 0 fully saturated rings. The van der Waals surface area contributed by atoms with Gasteiger partial charge >= 0.3 is 0 Å². The maximum Gasteiger partial charge on any atom is 0.123 e. The number of hydrogen-bond donors (Lipinski definition) is 2. The largest absolute Gasteiger partial charge is 0.496 e. The monoisotopic (exact) mass is 222 g/mol. The highest BCUT2D eigenvalue weighted by Crippen LogP contribution is 2.28. The van der Waals surface area contributed by atoms with E-state index in [9.17, 15) is 0 Å². The van der Waals surface area contributed by atoms with Gasteiger partial charge in [0.05, 0.1) is 7.11 Å². The molecule has 1 aromatic carbocycles. The average Bonchev–Trinajstić information content (AvgIpc) is 2.30. The summed E-state index contributed by atoms with van der Waals surface area (Å²) in [7, 11) is 3.61. The lowest BCUT2D eigenvalue weighted by atomic mass is 9.98. The van der Waals surface area contributed by atoms with Crippen LogP contribution >= 0.6 is 0 Å². The molecule has 0 aliphatic rings. The Balaban J connectivity index is 3.10. The van der Waals surface area contributed by atoms with Crippen LogP contribution < -0.4 is 15.8 Å². The van der Waals surface area contributed by atoms with Gasteiger partial charge in [0.2, 0.25) is 0 Å². The Morgan fingerprint density at radius 3 is 2.50 bits per heavy atom. The summed E-state index contributed by atoms with van der Waals surface area (Å²) < 4.78 is 5.43. The van der Waals surface area contributed by atoms with Gasteiger partial charge in [-0.1, -0.05) is 26.0 Å². The summed E-state index contributed by atoms with van der Waals surface area (Å²) in [5.74, 6) is 1.42. The fraction of sp³-hybridized carbons (Fsp3) is 0.538. The molecule has 0 heterocycles. The molecule has 3 nitrogen and oxygen atoms in total. The molecule has 0 aliphatic heterocycles. The Labute approximate surface area is 98.0 Å². The van der Waals surface area contributed by atoms with Gasteiger partial charge in [0.15, 0.2) is 0 Å². The van der Waals surface area contributed by atoms with Gasteiger partial charge in [-0.25, -0.2) is 0 Å². The van der Waals surface area contributed by atoms with Crippen molar-refractivity contribution in [3.63, 3.8) is 0 Å². The van der Waals surface area contributed by atoms with Gasteiger partial charge in [-0.2, -0.15) is 0 Å². The summed E-state index contributed by atoms with van der Waals surface area (Å²) >= 11 is 0. The molecule has 1 unspecified atom stereocenters. The number of nitrogens with two attached hydrogens (primary N) is 1. The Kier molecular flexibility index (Phi) is 4.77. The number of rotatable bonds is 5. The first-order valence-corrected chi connectivity index (χ1v) is 5.69. The highest BCUT2D eigenvalue weighted by molar-refractivity contribution is 5.40. The molecular formula is C13H22N2O. The molecular weight excluding hydrogens is 200 g/mol. The van der Waals surface area contributed by atoms with Crippen molar-refractivity contribution in [3.05, 3.63) is 29.3 Å². The van der Waals surface area contributed by atoms with Crippen LogP contribution in [0.1, 0.15) is 36.9 Å². The standard InChI is InChI=1S/C13H22N2O/c1-9(2)10-5-6-11(12(8-14)15-3)13(7-10)16-4/h5-7,9,12,15H,8,14H2,1-4H3. The van der Waals surface area contributed by atoms with Gasteiger partial charge in [-0.3, -0.25) is 0 Å². The van der Waals surface area contributed by atoms with E-state index in [0.29, 0.717) is 12.5 Å². The van der Waals surface area contributed by atoms with Crippen molar-refractivity contribution in [2.24, 2.45) is 5.73 Å². The van der Waals surface area contributed by atoms with Crippen LogP contribution in [0.25, 0.3) is 0 Å². The first kappa shape index (κ1) is 13.0. The second kappa shape index (κ2) is 5.87. The topological polar surface area (TPSA) is 47.3 Å². The van der Waals surface area contributed by atoms with Gasteiger partial charge in [-0.05, 0) is 24.6 Å². The first-order valence-electron chi connectivity index (χ1n) is 5.69. The molecule has 1 rings (SSSR count). The van der Waals surface area contributed by atoms with Crippen LogP contribution in [0.3, 0.4) is 0 Å². The number of hydrogen-bond acceptors (Lipinski definition) is 3. The van der Waals surface area contributed by atoms with Crippen LogP contribution in [0.2, 0.25) is 0 Å². The van der Waals surface area contributed by atoms with Crippen LogP contribution in [0.15, 0.2) is 18.2 Å². The van der Waals surface area contributed by atoms with Crippen LogP contribution in [0.4, 0.5) is 0 Å². The molecule has 0 radical (unpaired) electrons. The molecule has 0 aliphatic carbocycles. The lowest BCUT2D eigenvalue weighted by molar-refractivity contribution is 0.401. The van der Waals surface area contributed by atoms with E-state index < -0.39 is 0 Å². The summed E-state index contributed by atoms with van der Waals surface area (Å²) in [5.41, 5.74) is 8.13. The molecule has 3 heteroatoms. The third kappa shape index (κ3) is 2.74. The van der Waals surface area contributed by atoms with Gasteiger partial charge in [0.1, 0.15) is 5.75 Å². The van der Waals surface area contributed by atoms with Crippen molar-refractivity contribution in [2.75, 3.05) is 20.7 Å². The lowest BCUT2D eigenvalue weighted by Crippen LogP contribution is -2.25. The summed E-state index contributed by atoms with van der Waals surface area (Å²) in [6.07, 6.45) is 0. The van der Waals surface area contributed by atoms with Crippen molar-refractivity contribution in [2.45, 2.75) is 25.8 Å². The van der Waals surface area contributed by atoms with Crippen LogP contribution in [0.5, 0.6) is 5.75 Å². The molecule has 0 spiro atoms. The third-order valence-electron chi connectivity index (χ3n) is 2.88. The smallest absolute Gasteiger partial charge is 0.123 e. The third-order valence-corrected chi connectivity index (χ3v) is 2.88. The molecule has 3 N–H and O–H groups in total. The van der Waals surface area contributed by atoms with E-state index in [-0.39, 0.29) is 6.04 Å². The highest BCUT2D eigenvalue weighted by atomic mass is 16.5. The van der Waals surface area contributed by atoms with E-state index in [2.05, 4.69) is 37.4 Å². The fourth-order valence-corrected chi connectivity index (χ4v) is 1.78. The highest BCUT2D eigenvalue weighted by Gasteiger charge is 2.13. The average molecular weight is 222 g/mol. The van der Waals surface area contributed by atoms with Crippen molar-refractivity contribution >= 4 is 0 Å². The minimum Gasteiger partial charge on any atom is -0.496 e. The van der Waals surface area contributed by atoms with E-state index in [0.717, 1.165) is 11.3 Å². The minimum absolute atomic E-state index is 0.149.